The summed E-state index contributed by atoms with van der Waals surface area (Å²) in [4.78, 5) is 11.9. The Morgan fingerprint density at radius 2 is 1.44 bits per heavy atom. The summed E-state index contributed by atoms with van der Waals surface area (Å²) in [5.74, 6) is 3.67. The van der Waals surface area contributed by atoms with E-state index >= 15 is 0 Å². The summed E-state index contributed by atoms with van der Waals surface area (Å²) in [6.07, 6.45) is 12.3. The molecule has 4 fully saturated rings. The lowest BCUT2D eigenvalue weighted by Gasteiger charge is -2.66. The maximum atomic E-state index is 11.9. The molecule has 0 saturated heterocycles. The average molecular weight is 653 g/mol. The van der Waals surface area contributed by atoms with E-state index in [1.807, 2.05) is 0 Å². The van der Waals surface area contributed by atoms with Crippen molar-refractivity contribution < 1.29 is 22.8 Å². The van der Waals surface area contributed by atoms with Gasteiger partial charge in [-0.05, 0) is 163 Å². The molecule has 250 valence electrons. The van der Waals surface area contributed by atoms with Crippen LogP contribution < -0.4 is 0 Å². The van der Waals surface area contributed by atoms with Crippen LogP contribution in [0, 0.1) is 46.3 Å². The van der Waals surface area contributed by atoms with Gasteiger partial charge in [-0.1, -0.05) is 20.8 Å². The second kappa shape index (κ2) is 12.9. The van der Waals surface area contributed by atoms with E-state index in [0.29, 0.717) is 65.7 Å². The first-order valence-corrected chi connectivity index (χ1v) is 28.0. The van der Waals surface area contributed by atoms with Crippen molar-refractivity contribution in [3.8, 4) is 0 Å². The Labute approximate surface area is 268 Å². The van der Waals surface area contributed by atoms with Crippen molar-refractivity contribution in [3.05, 3.63) is 0 Å². The molecule has 4 aliphatic carbocycles. The molecule has 4 aliphatic rings. The first-order chi connectivity index (χ1) is 19.7. The van der Waals surface area contributed by atoms with Crippen LogP contribution in [0.3, 0.4) is 0 Å². The van der Waals surface area contributed by atoms with Gasteiger partial charge in [0.25, 0.3) is 0 Å². The maximum Gasteiger partial charge on any atom is 0.305 e. The molecular weight excluding hydrogens is 585 g/mol. The Balaban J connectivity index is 1.70. The Hall–Kier alpha value is 0.000649. The molecule has 11 atom stereocenters. The van der Waals surface area contributed by atoms with Gasteiger partial charge in [-0.25, -0.2) is 0 Å². The van der Waals surface area contributed by atoms with Crippen molar-refractivity contribution in [2.24, 2.45) is 46.3 Å². The largest absolute Gasteiger partial charge is 0.469 e. The molecule has 0 radical (unpaired) electrons. The second-order valence-electron chi connectivity index (χ2n) is 18.6. The van der Waals surface area contributed by atoms with Crippen molar-refractivity contribution >= 4 is 30.9 Å². The summed E-state index contributed by atoms with van der Waals surface area (Å²) < 4.78 is 26.4. The lowest BCUT2D eigenvalue weighted by atomic mass is 9.43. The van der Waals surface area contributed by atoms with Crippen LogP contribution in [0.25, 0.3) is 0 Å². The number of hydrogen-bond donors (Lipinski definition) is 0. The molecule has 0 heterocycles. The van der Waals surface area contributed by atoms with Crippen LogP contribution in [-0.4, -0.2) is 56.3 Å². The molecule has 0 aromatic heterocycles. The fourth-order valence-corrected chi connectivity index (χ4v) is 14.3. The first-order valence-electron chi connectivity index (χ1n) is 17.8. The van der Waals surface area contributed by atoms with Crippen LogP contribution in [0.2, 0.25) is 58.9 Å². The molecule has 8 heteroatoms. The topological polar surface area (TPSA) is 54.0 Å². The summed E-state index contributed by atoms with van der Waals surface area (Å²) >= 11 is 0. The van der Waals surface area contributed by atoms with Gasteiger partial charge in [0.2, 0.25) is 0 Å². The zero-order chi connectivity index (χ0) is 32.2. The van der Waals surface area contributed by atoms with Crippen molar-refractivity contribution in [2.75, 3.05) is 7.11 Å². The van der Waals surface area contributed by atoms with Crippen LogP contribution in [0.5, 0.6) is 0 Å². The quantitative estimate of drug-likeness (QED) is 0.164. The van der Waals surface area contributed by atoms with E-state index in [-0.39, 0.29) is 11.4 Å². The number of hydrogen-bond acceptors (Lipinski definition) is 5. The van der Waals surface area contributed by atoms with Gasteiger partial charge in [0.15, 0.2) is 25.0 Å². The summed E-state index contributed by atoms with van der Waals surface area (Å²) in [5, 5.41) is 0. The number of esters is 1. The van der Waals surface area contributed by atoms with Crippen LogP contribution in [0.1, 0.15) is 85.0 Å². The third-order valence-electron chi connectivity index (χ3n) is 12.2. The standard InChI is InChI=1S/C35H68O5Si3/c1-24(15-14-16-32(36)37-4)27-17-18-28-33-29(23-31(35(27,28)3)40-43(11,12)13)34(2)20-19-26(38-41(5,6)7)21-25(34)22-30(33)39-42(8,9)10/h24-31,33H,14-23H2,1-13H3/t24?,25-,26+,27?,28?,29?,30+,31-,33?,34?,35?/m0/s1. The predicted molar refractivity (Wildman–Crippen MR) is 186 cm³/mol. The van der Waals surface area contributed by atoms with E-state index < -0.39 is 25.0 Å². The van der Waals surface area contributed by atoms with Gasteiger partial charge >= 0.3 is 5.97 Å². The van der Waals surface area contributed by atoms with E-state index in [1.165, 1.54) is 52.1 Å². The van der Waals surface area contributed by atoms with Crippen LogP contribution in [-0.2, 0) is 22.8 Å². The Morgan fingerprint density at radius 1 is 0.814 bits per heavy atom. The maximum absolute atomic E-state index is 11.9. The molecule has 0 spiro atoms. The molecular formula is C35H68O5Si3. The molecule has 7 unspecified atom stereocenters. The minimum absolute atomic E-state index is 0.0792. The van der Waals surface area contributed by atoms with E-state index in [0.717, 1.165) is 12.8 Å². The highest BCUT2D eigenvalue weighted by atomic mass is 28.4. The zero-order valence-electron chi connectivity index (χ0n) is 30.3. The highest BCUT2D eigenvalue weighted by Crippen LogP contribution is 2.69. The van der Waals surface area contributed by atoms with Crippen molar-refractivity contribution in [2.45, 2.75) is 162 Å². The molecule has 0 aliphatic heterocycles. The molecule has 43 heavy (non-hydrogen) atoms. The van der Waals surface area contributed by atoms with E-state index in [2.05, 4.69) is 79.7 Å². The summed E-state index contributed by atoms with van der Waals surface area (Å²) in [6.45, 7) is 29.2. The smallest absolute Gasteiger partial charge is 0.305 e. The highest BCUT2D eigenvalue weighted by molar-refractivity contribution is 6.70. The van der Waals surface area contributed by atoms with Crippen molar-refractivity contribution in [3.63, 3.8) is 0 Å². The average Bonchev–Trinajstić information content (AvgIpc) is 3.20. The Kier molecular flexibility index (Phi) is 10.7. The normalized spacial score (nSPS) is 40.8. The summed E-state index contributed by atoms with van der Waals surface area (Å²) in [6, 6.07) is 0. The number of rotatable bonds is 11. The SMILES string of the molecule is COC(=O)CCCC(C)C1CCC2C3C(C[C@H](O[Si](C)(C)C)C12C)C1(C)CC[C@@H](O[Si](C)(C)C)C[C@H]1C[C@H]3O[Si](C)(C)C. The molecule has 4 saturated carbocycles. The Bertz CT molecular complexity index is 970. The highest BCUT2D eigenvalue weighted by Gasteiger charge is 2.67. The van der Waals surface area contributed by atoms with Gasteiger partial charge in [-0.2, -0.15) is 0 Å². The fraction of sp³-hybridized carbons (Fsp3) is 0.971. The van der Waals surface area contributed by atoms with Gasteiger partial charge in [-0.15, -0.1) is 0 Å². The van der Waals surface area contributed by atoms with Crippen molar-refractivity contribution in [1.82, 2.24) is 0 Å². The minimum Gasteiger partial charge on any atom is -0.469 e. The number of carbonyl (C=O) groups excluding carboxylic acids is 1. The van der Waals surface area contributed by atoms with Gasteiger partial charge in [0, 0.05) is 18.6 Å². The third-order valence-corrected chi connectivity index (χ3v) is 15.3. The molecule has 0 aromatic carbocycles. The van der Waals surface area contributed by atoms with Crippen LogP contribution in [0.4, 0.5) is 0 Å². The summed E-state index contributed by atoms with van der Waals surface area (Å²) in [5.41, 5.74) is 0.477. The zero-order valence-corrected chi connectivity index (χ0v) is 33.3. The third kappa shape index (κ3) is 7.94. The van der Waals surface area contributed by atoms with Crippen LogP contribution >= 0.6 is 0 Å². The molecule has 0 aromatic rings. The Morgan fingerprint density at radius 3 is 2.02 bits per heavy atom. The minimum atomic E-state index is -1.78. The molecule has 5 nitrogen and oxygen atoms in total. The van der Waals surface area contributed by atoms with Gasteiger partial charge in [0.1, 0.15) is 0 Å². The van der Waals surface area contributed by atoms with Crippen molar-refractivity contribution in [1.29, 1.82) is 0 Å². The summed E-state index contributed by atoms with van der Waals surface area (Å²) in [7, 11) is -3.60. The van der Waals surface area contributed by atoms with Gasteiger partial charge < -0.3 is 18.0 Å². The van der Waals surface area contributed by atoms with E-state index in [4.69, 9.17) is 18.0 Å². The van der Waals surface area contributed by atoms with E-state index in [1.54, 1.807) is 0 Å². The molecule has 0 bridgehead atoms. The molecule has 0 amide bonds. The predicted octanol–water partition coefficient (Wildman–Crippen LogP) is 9.50. The number of carbonyl (C=O) groups is 1. The fourth-order valence-electron chi connectivity index (χ4n) is 10.7. The lowest BCUT2D eigenvalue weighted by Crippen LogP contribution is -2.64. The number of ether oxygens (including phenoxy) is 1. The second-order valence-corrected chi connectivity index (χ2v) is 32.0. The van der Waals surface area contributed by atoms with Gasteiger partial charge in [-0.3, -0.25) is 4.79 Å². The molecule has 4 rings (SSSR count). The lowest BCUT2D eigenvalue weighted by molar-refractivity contribution is -0.199. The first kappa shape index (κ1) is 35.8. The van der Waals surface area contributed by atoms with Gasteiger partial charge in [0.05, 0.1) is 13.2 Å². The number of fused-ring (bicyclic) bond motifs is 5. The van der Waals surface area contributed by atoms with E-state index in [9.17, 15) is 4.79 Å². The number of methoxy groups -OCH3 is 1. The van der Waals surface area contributed by atoms with Crippen LogP contribution in [0.15, 0.2) is 0 Å². The monoisotopic (exact) mass is 652 g/mol. The molecule has 0 N–H and O–H groups in total.